The lowest BCUT2D eigenvalue weighted by molar-refractivity contribution is -0.132. The quantitative estimate of drug-likeness (QED) is 0.884. The fraction of sp³-hybridized carbons (Fsp3) is 0.562. The van der Waals surface area contributed by atoms with E-state index in [2.05, 4.69) is 29.2 Å². The Labute approximate surface area is 121 Å². The molecule has 2 rings (SSSR count). The van der Waals surface area contributed by atoms with Crippen molar-refractivity contribution in [1.29, 1.82) is 0 Å². The number of hydrogen-bond acceptors (Lipinski definition) is 3. The van der Waals surface area contributed by atoms with Crippen LogP contribution < -0.4 is 5.73 Å². The second-order valence-electron chi connectivity index (χ2n) is 5.24. The fourth-order valence-corrected chi connectivity index (χ4v) is 3.02. The van der Waals surface area contributed by atoms with E-state index in [-0.39, 0.29) is 11.9 Å². The van der Waals surface area contributed by atoms with E-state index in [1.165, 1.54) is 11.1 Å². The second kappa shape index (κ2) is 6.86. The van der Waals surface area contributed by atoms with Crippen LogP contribution >= 0.6 is 0 Å². The average molecular weight is 275 g/mol. The Morgan fingerprint density at radius 2 is 2.05 bits per heavy atom. The van der Waals surface area contributed by atoms with E-state index >= 15 is 0 Å². The van der Waals surface area contributed by atoms with Crippen LogP contribution in [0.25, 0.3) is 0 Å². The molecule has 0 aliphatic carbocycles. The topological polar surface area (TPSA) is 49.6 Å². The molecule has 1 atom stereocenters. The van der Waals surface area contributed by atoms with Crippen molar-refractivity contribution in [1.82, 2.24) is 9.80 Å². The highest BCUT2D eigenvalue weighted by atomic mass is 16.2. The summed E-state index contributed by atoms with van der Waals surface area (Å²) in [5.41, 5.74) is 8.61. The van der Waals surface area contributed by atoms with Gasteiger partial charge in [0.15, 0.2) is 0 Å². The summed E-state index contributed by atoms with van der Waals surface area (Å²) in [7, 11) is 0. The van der Waals surface area contributed by atoms with Crippen molar-refractivity contribution in [3.05, 3.63) is 35.4 Å². The van der Waals surface area contributed by atoms with E-state index in [4.69, 9.17) is 5.73 Å². The first-order valence-corrected chi connectivity index (χ1v) is 7.50. The number of carbonyl (C=O) groups excluding carboxylic acids is 1. The molecule has 20 heavy (non-hydrogen) atoms. The van der Waals surface area contributed by atoms with Crippen molar-refractivity contribution in [3.8, 4) is 0 Å². The lowest BCUT2D eigenvalue weighted by Crippen LogP contribution is -2.46. The van der Waals surface area contributed by atoms with Crippen LogP contribution in [-0.4, -0.2) is 48.4 Å². The van der Waals surface area contributed by atoms with E-state index in [1.54, 1.807) is 0 Å². The van der Waals surface area contributed by atoms with Gasteiger partial charge in [0.05, 0.1) is 6.54 Å². The molecule has 4 nitrogen and oxygen atoms in total. The molecule has 0 radical (unpaired) electrons. The molecule has 4 heteroatoms. The molecule has 0 aromatic heterocycles. The Hall–Kier alpha value is -1.39. The molecule has 0 saturated heterocycles. The van der Waals surface area contributed by atoms with Crippen molar-refractivity contribution >= 4 is 5.91 Å². The molecule has 1 amide bonds. The minimum Gasteiger partial charge on any atom is -0.342 e. The third-order valence-corrected chi connectivity index (χ3v) is 4.20. The summed E-state index contributed by atoms with van der Waals surface area (Å²) in [6, 6.07) is 8.60. The Balaban J connectivity index is 2.12. The van der Waals surface area contributed by atoms with Crippen LogP contribution in [0.1, 0.15) is 31.0 Å². The summed E-state index contributed by atoms with van der Waals surface area (Å²) < 4.78 is 0. The lowest BCUT2D eigenvalue weighted by atomic mass is 9.92. The molecule has 1 aliphatic heterocycles. The zero-order valence-electron chi connectivity index (χ0n) is 12.5. The van der Waals surface area contributed by atoms with E-state index in [9.17, 15) is 4.79 Å². The number of carbonyl (C=O) groups is 1. The van der Waals surface area contributed by atoms with Crippen molar-refractivity contribution in [2.75, 3.05) is 32.7 Å². The predicted molar refractivity (Wildman–Crippen MR) is 81.4 cm³/mol. The van der Waals surface area contributed by atoms with E-state index in [0.29, 0.717) is 13.1 Å². The van der Waals surface area contributed by atoms with Crippen molar-refractivity contribution in [2.24, 2.45) is 5.73 Å². The number of nitrogens with two attached hydrogens (primary N) is 1. The summed E-state index contributed by atoms with van der Waals surface area (Å²) >= 11 is 0. The van der Waals surface area contributed by atoms with Crippen molar-refractivity contribution in [3.63, 3.8) is 0 Å². The molecule has 2 N–H and O–H groups in total. The van der Waals surface area contributed by atoms with Crippen LogP contribution in [0.4, 0.5) is 0 Å². The molecular formula is C16H25N3O. The molecular weight excluding hydrogens is 250 g/mol. The van der Waals surface area contributed by atoms with Gasteiger partial charge in [0.2, 0.25) is 5.91 Å². The van der Waals surface area contributed by atoms with Gasteiger partial charge in [0.25, 0.3) is 0 Å². The second-order valence-corrected chi connectivity index (χ2v) is 5.24. The minimum atomic E-state index is 0.166. The van der Waals surface area contributed by atoms with Crippen molar-refractivity contribution in [2.45, 2.75) is 26.3 Å². The molecule has 110 valence electrons. The van der Waals surface area contributed by atoms with Gasteiger partial charge in [0.1, 0.15) is 0 Å². The summed E-state index contributed by atoms with van der Waals surface area (Å²) in [5.74, 6) is 0.202. The van der Waals surface area contributed by atoms with Crippen LogP contribution in [0.5, 0.6) is 0 Å². The summed E-state index contributed by atoms with van der Waals surface area (Å²) in [4.78, 5) is 16.4. The third kappa shape index (κ3) is 3.02. The highest BCUT2D eigenvalue weighted by molar-refractivity contribution is 5.78. The number of benzene rings is 1. The molecule has 1 heterocycles. The molecule has 0 saturated carbocycles. The van der Waals surface area contributed by atoms with Gasteiger partial charge >= 0.3 is 0 Å². The normalized spacial score (nSPS) is 18.6. The number of nitrogens with zero attached hydrogens (tertiary/aromatic N) is 2. The monoisotopic (exact) mass is 275 g/mol. The lowest BCUT2D eigenvalue weighted by Gasteiger charge is -2.37. The van der Waals surface area contributed by atoms with E-state index < -0.39 is 0 Å². The zero-order valence-corrected chi connectivity index (χ0v) is 12.5. The highest BCUT2D eigenvalue weighted by Gasteiger charge is 2.28. The van der Waals surface area contributed by atoms with Crippen molar-refractivity contribution < 1.29 is 4.79 Å². The zero-order chi connectivity index (χ0) is 14.5. The van der Waals surface area contributed by atoms with Gasteiger partial charge in [-0.25, -0.2) is 0 Å². The third-order valence-electron chi connectivity index (χ3n) is 4.20. The first-order valence-electron chi connectivity index (χ1n) is 7.50. The molecule has 1 aliphatic rings. The van der Waals surface area contributed by atoms with Crippen LogP contribution in [0.3, 0.4) is 0 Å². The maximum absolute atomic E-state index is 12.3. The molecule has 0 spiro atoms. The number of hydrogen-bond donors (Lipinski definition) is 1. The highest BCUT2D eigenvalue weighted by Crippen LogP contribution is 2.28. The summed E-state index contributed by atoms with van der Waals surface area (Å²) in [6.07, 6.45) is 0.998. The number of amides is 1. The van der Waals surface area contributed by atoms with Gasteiger partial charge in [-0.05, 0) is 31.4 Å². The molecule has 1 aromatic carbocycles. The smallest absolute Gasteiger partial charge is 0.236 e. The predicted octanol–water partition coefficient (Wildman–Crippen LogP) is 1.41. The van der Waals surface area contributed by atoms with Gasteiger partial charge in [-0.15, -0.1) is 0 Å². The minimum absolute atomic E-state index is 0.166. The van der Waals surface area contributed by atoms with Crippen LogP contribution in [0, 0.1) is 0 Å². The summed E-state index contributed by atoms with van der Waals surface area (Å²) in [6.45, 7) is 7.52. The largest absolute Gasteiger partial charge is 0.342 e. The molecule has 0 bridgehead atoms. The molecule has 1 unspecified atom stereocenters. The van der Waals surface area contributed by atoms with Gasteiger partial charge in [-0.2, -0.15) is 0 Å². The van der Waals surface area contributed by atoms with Gasteiger partial charge < -0.3 is 10.6 Å². The van der Waals surface area contributed by atoms with Gasteiger partial charge in [0, 0.05) is 32.2 Å². The van der Waals surface area contributed by atoms with Crippen LogP contribution in [0.15, 0.2) is 24.3 Å². The Morgan fingerprint density at radius 1 is 1.35 bits per heavy atom. The maximum Gasteiger partial charge on any atom is 0.236 e. The Kier molecular flexibility index (Phi) is 5.15. The SMILES string of the molecule is CCN(CC)C(=O)CN1CCc2ccccc2C1CN. The van der Waals surface area contributed by atoms with Crippen LogP contribution in [-0.2, 0) is 11.2 Å². The van der Waals surface area contributed by atoms with E-state index in [1.807, 2.05) is 18.7 Å². The Bertz CT molecular complexity index is 457. The first kappa shape index (κ1) is 15.0. The molecule has 0 fully saturated rings. The van der Waals surface area contributed by atoms with Gasteiger partial charge in [-0.3, -0.25) is 9.69 Å². The summed E-state index contributed by atoms with van der Waals surface area (Å²) in [5, 5.41) is 0. The number of likely N-dealkylation sites (N-methyl/N-ethyl adjacent to an activating group) is 1. The Morgan fingerprint density at radius 3 is 2.70 bits per heavy atom. The number of fused-ring (bicyclic) bond motifs is 1. The average Bonchev–Trinajstić information content (AvgIpc) is 2.48. The van der Waals surface area contributed by atoms with E-state index in [0.717, 1.165) is 26.1 Å². The standard InChI is InChI=1S/C16H25N3O/c1-3-18(4-2)16(20)12-19-10-9-13-7-5-6-8-14(13)15(19)11-17/h5-8,15H,3-4,9-12,17H2,1-2H3. The number of rotatable bonds is 5. The maximum atomic E-state index is 12.3. The fourth-order valence-electron chi connectivity index (χ4n) is 3.02. The molecule has 1 aromatic rings. The van der Waals surface area contributed by atoms with Gasteiger partial charge in [-0.1, -0.05) is 24.3 Å². The van der Waals surface area contributed by atoms with Crippen LogP contribution in [0.2, 0.25) is 0 Å². The first-order chi connectivity index (χ1) is 9.71.